The number of carbonyl (C=O) groups is 1. The van der Waals surface area contributed by atoms with Crippen molar-refractivity contribution in [3.63, 3.8) is 0 Å². The number of carbonyl (C=O) groups excluding carboxylic acids is 1. The summed E-state index contributed by atoms with van der Waals surface area (Å²) in [6.07, 6.45) is 6.24. The van der Waals surface area contributed by atoms with Gasteiger partial charge in [-0.2, -0.15) is 11.8 Å². The van der Waals surface area contributed by atoms with Gasteiger partial charge in [0.1, 0.15) is 5.54 Å². The molecular weight excluding hydrogens is 210 g/mol. The Bertz CT molecular complexity index is 219. The summed E-state index contributed by atoms with van der Waals surface area (Å²) >= 11 is 1.85. The van der Waals surface area contributed by atoms with Gasteiger partial charge in [-0.25, -0.2) is 0 Å². The molecule has 1 aliphatic rings. The van der Waals surface area contributed by atoms with Crippen LogP contribution in [0.4, 0.5) is 0 Å². The lowest BCUT2D eigenvalue weighted by atomic mass is 9.81. The minimum atomic E-state index is -0.421. The van der Waals surface area contributed by atoms with Crippen molar-refractivity contribution in [3.05, 3.63) is 0 Å². The number of likely N-dealkylation sites (N-methyl/N-ethyl adjacent to an activating group) is 1. The number of methoxy groups -OCH3 is 1. The molecule has 2 atom stereocenters. The van der Waals surface area contributed by atoms with E-state index in [4.69, 9.17) is 4.74 Å². The first-order valence-corrected chi connectivity index (χ1v) is 6.83. The van der Waals surface area contributed by atoms with E-state index in [-0.39, 0.29) is 5.97 Å². The second-order valence-electron chi connectivity index (χ2n) is 4.06. The van der Waals surface area contributed by atoms with Crippen LogP contribution in [-0.4, -0.2) is 36.7 Å². The van der Waals surface area contributed by atoms with Crippen molar-refractivity contribution >= 4 is 17.7 Å². The SMILES string of the molecule is CCNC1(C(=O)OC)CCCC(SC)C1. The van der Waals surface area contributed by atoms with Crippen molar-refractivity contribution in [1.29, 1.82) is 0 Å². The maximum absolute atomic E-state index is 11.8. The van der Waals surface area contributed by atoms with Crippen molar-refractivity contribution in [1.82, 2.24) is 5.32 Å². The normalized spacial score (nSPS) is 31.3. The molecule has 0 bridgehead atoms. The van der Waals surface area contributed by atoms with Crippen LogP contribution in [0, 0.1) is 0 Å². The first kappa shape index (κ1) is 12.8. The largest absolute Gasteiger partial charge is 0.468 e. The number of hydrogen-bond donors (Lipinski definition) is 1. The average molecular weight is 231 g/mol. The summed E-state index contributed by atoms with van der Waals surface area (Å²) in [5.74, 6) is -0.0944. The van der Waals surface area contributed by atoms with Crippen molar-refractivity contribution in [2.24, 2.45) is 0 Å². The molecule has 0 saturated heterocycles. The van der Waals surface area contributed by atoms with E-state index < -0.39 is 5.54 Å². The molecule has 0 radical (unpaired) electrons. The zero-order chi connectivity index (χ0) is 11.3. The van der Waals surface area contributed by atoms with Gasteiger partial charge in [0.2, 0.25) is 0 Å². The molecule has 1 N–H and O–H groups in total. The summed E-state index contributed by atoms with van der Waals surface area (Å²) in [4.78, 5) is 11.8. The van der Waals surface area contributed by atoms with Crippen LogP contribution in [0.2, 0.25) is 0 Å². The summed E-state index contributed by atoms with van der Waals surface area (Å²) in [6.45, 7) is 2.85. The molecule has 1 aliphatic carbocycles. The van der Waals surface area contributed by atoms with Crippen LogP contribution in [-0.2, 0) is 9.53 Å². The Labute approximate surface area is 96.3 Å². The minimum absolute atomic E-state index is 0.0944. The van der Waals surface area contributed by atoms with Crippen LogP contribution >= 0.6 is 11.8 Å². The highest BCUT2D eigenvalue weighted by Gasteiger charge is 2.42. The van der Waals surface area contributed by atoms with Gasteiger partial charge in [-0.3, -0.25) is 4.79 Å². The molecule has 0 aromatic rings. The maximum atomic E-state index is 11.8. The third kappa shape index (κ3) is 2.88. The first-order valence-electron chi connectivity index (χ1n) is 5.54. The van der Waals surface area contributed by atoms with E-state index in [1.54, 1.807) is 0 Å². The molecule has 0 heterocycles. The van der Waals surface area contributed by atoms with E-state index in [9.17, 15) is 4.79 Å². The summed E-state index contributed by atoms with van der Waals surface area (Å²) in [6, 6.07) is 0. The second kappa shape index (κ2) is 5.75. The van der Waals surface area contributed by atoms with Crippen molar-refractivity contribution < 1.29 is 9.53 Å². The first-order chi connectivity index (χ1) is 7.18. The third-order valence-electron chi connectivity index (χ3n) is 3.13. The molecule has 0 amide bonds. The molecular formula is C11H21NO2S. The van der Waals surface area contributed by atoms with E-state index in [1.807, 2.05) is 18.7 Å². The predicted molar refractivity (Wildman–Crippen MR) is 64.2 cm³/mol. The van der Waals surface area contributed by atoms with Gasteiger partial charge >= 0.3 is 5.97 Å². The van der Waals surface area contributed by atoms with Gasteiger partial charge in [0.15, 0.2) is 0 Å². The van der Waals surface area contributed by atoms with Gasteiger partial charge in [0.25, 0.3) is 0 Å². The van der Waals surface area contributed by atoms with Crippen LogP contribution in [0.25, 0.3) is 0 Å². The standard InChI is InChI=1S/C11H21NO2S/c1-4-12-11(10(13)14-2)7-5-6-9(8-11)15-3/h9,12H,4-8H2,1-3H3. The fourth-order valence-corrected chi connectivity index (χ4v) is 3.23. The molecule has 1 rings (SSSR count). The number of hydrogen-bond acceptors (Lipinski definition) is 4. The molecule has 4 heteroatoms. The number of ether oxygens (including phenoxy) is 1. The third-order valence-corrected chi connectivity index (χ3v) is 4.20. The zero-order valence-corrected chi connectivity index (χ0v) is 10.7. The Morgan fingerprint density at radius 3 is 2.93 bits per heavy atom. The van der Waals surface area contributed by atoms with Crippen molar-refractivity contribution in [2.45, 2.75) is 43.4 Å². The summed E-state index contributed by atoms with van der Waals surface area (Å²) in [5.41, 5.74) is -0.421. The van der Waals surface area contributed by atoms with Gasteiger partial charge < -0.3 is 10.1 Å². The van der Waals surface area contributed by atoms with E-state index in [0.717, 1.165) is 25.8 Å². The molecule has 0 aromatic carbocycles. The predicted octanol–water partition coefficient (Wildman–Crippen LogP) is 1.81. The molecule has 3 nitrogen and oxygen atoms in total. The van der Waals surface area contributed by atoms with Gasteiger partial charge in [-0.05, 0) is 38.5 Å². The van der Waals surface area contributed by atoms with Crippen molar-refractivity contribution in [2.75, 3.05) is 19.9 Å². The topological polar surface area (TPSA) is 38.3 Å². The highest BCUT2D eigenvalue weighted by molar-refractivity contribution is 7.99. The number of rotatable bonds is 4. The minimum Gasteiger partial charge on any atom is -0.468 e. The molecule has 88 valence electrons. The van der Waals surface area contributed by atoms with Crippen LogP contribution in [0.3, 0.4) is 0 Å². The highest BCUT2D eigenvalue weighted by atomic mass is 32.2. The van der Waals surface area contributed by atoms with Crippen molar-refractivity contribution in [3.8, 4) is 0 Å². The molecule has 15 heavy (non-hydrogen) atoms. The molecule has 1 fully saturated rings. The summed E-state index contributed by atoms with van der Waals surface area (Å²) in [7, 11) is 1.48. The fraction of sp³-hybridized carbons (Fsp3) is 0.909. The van der Waals surface area contributed by atoms with E-state index in [2.05, 4.69) is 11.6 Å². The second-order valence-corrected chi connectivity index (χ2v) is 5.20. The monoisotopic (exact) mass is 231 g/mol. The van der Waals surface area contributed by atoms with Crippen LogP contribution < -0.4 is 5.32 Å². The lowest BCUT2D eigenvalue weighted by Gasteiger charge is -2.38. The Hall–Kier alpha value is -0.220. The molecule has 2 unspecified atom stereocenters. The smallest absolute Gasteiger partial charge is 0.326 e. The van der Waals surface area contributed by atoms with Gasteiger partial charge in [-0.1, -0.05) is 6.92 Å². The zero-order valence-electron chi connectivity index (χ0n) is 9.84. The maximum Gasteiger partial charge on any atom is 0.326 e. The molecule has 0 aromatic heterocycles. The number of esters is 1. The number of nitrogens with one attached hydrogen (secondary N) is 1. The van der Waals surface area contributed by atoms with Gasteiger partial charge in [0, 0.05) is 5.25 Å². The fourth-order valence-electron chi connectivity index (χ4n) is 2.38. The highest BCUT2D eigenvalue weighted by Crippen LogP contribution is 2.34. The summed E-state index contributed by atoms with van der Waals surface area (Å²) < 4.78 is 4.93. The Balaban J connectivity index is 2.75. The molecule has 0 aliphatic heterocycles. The Morgan fingerprint density at radius 2 is 2.40 bits per heavy atom. The van der Waals surface area contributed by atoms with Gasteiger partial charge in [0.05, 0.1) is 7.11 Å². The Morgan fingerprint density at radius 1 is 1.67 bits per heavy atom. The summed E-state index contributed by atoms with van der Waals surface area (Å²) in [5, 5.41) is 3.91. The molecule has 0 spiro atoms. The van der Waals surface area contributed by atoms with Gasteiger partial charge in [-0.15, -0.1) is 0 Å². The molecule has 1 saturated carbocycles. The lowest BCUT2D eigenvalue weighted by Crippen LogP contribution is -2.55. The van der Waals surface area contributed by atoms with E-state index >= 15 is 0 Å². The van der Waals surface area contributed by atoms with E-state index in [1.165, 1.54) is 13.5 Å². The quantitative estimate of drug-likeness (QED) is 0.749. The van der Waals surface area contributed by atoms with E-state index in [0.29, 0.717) is 5.25 Å². The average Bonchev–Trinajstić information content (AvgIpc) is 2.28. The van der Waals surface area contributed by atoms with Crippen LogP contribution in [0.5, 0.6) is 0 Å². The van der Waals surface area contributed by atoms with Crippen LogP contribution in [0.1, 0.15) is 32.6 Å². The lowest BCUT2D eigenvalue weighted by molar-refractivity contribution is -0.150. The Kier molecular flexibility index (Phi) is 4.93. The van der Waals surface area contributed by atoms with Crippen LogP contribution in [0.15, 0.2) is 0 Å². The number of thioether (sulfide) groups is 1.